The van der Waals surface area contributed by atoms with Crippen molar-refractivity contribution in [1.82, 2.24) is 10.3 Å². The fourth-order valence-electron chi connectivity index (χ4n) is 2.64. The van der Waals surface area contributed by atoms with Gasteiger partial charge in [-0.1, -0.05) is 6.92 Å². The van der Waals surface area contributed by atoms with Gasteiger partial charge in [0, 0.05) is 11.3 Å². The van der Waals surface area contributed by atoms with Crippen LogP contribution in [-0.2, 0) is 0 Å². The Labute approximate surface area is 169 Å². The number of hydrogen-bond donors (Lipinski definition) is 0. The maximum atomic E-state index is 11.7. The zero-order chi connectivity index (χ0) is 25.8. The van der Waals surface area contributed by atoms with Gasteiger partial charge in [-0.25, -0.2) is 30.3 Å². The van der Waals surface area contributed by atoms with Crippen molar-refractivity contribution in [3.8, 4) is 0 Å². The molecule has 178 valence electrons. The first-order chi connectivity index (χ1) is 14.5. The molecule has 0 fully saturated rings. The number of hydrogen-bond acceptors (Lipinski definition) is 16. The highest BCUT2D eigenvalue weighted by Crippen LogP contribution is 2.40. The van der Waals surface area contributed by atoms with Crippen molar-refractivity contribution >= 4 is 0 Å². The standard InChI is InChI=1S/C6H8N10O16/c1-2-3-4(7(17)18)5(9(19)20,10(21)22)6(11(23)24,12(25)26)8(14(27)28)13(15(29)30)16(31)32/h4H,2-3H2,1H3. The normalized spacial score (nSPS) is 12.2. The first-order valence-electron chi connectivity index (χ1n) is 7.25. The molecule has 0 aromatic heterocycles. The Hall–Kier alpha value is -5.20. The van der Waals surface area contributed by atoms with Crippen molar-refractivity contribution in [2.24, 2.45) is 0 Å². The SMILES string of the molecule is CCCC([N+](=O)[O-])C([N+](=O)[O-])([N+](=O)[O-])C(N(N([N+](=O)[O-])[N+](=O)[O-])[N+](=O)[O-])([N+](=O)[O-])[N+](=O)[O-]. The lowest BCUT2D eigenvalue weighted by molar-refractivity contribution is -1.08. The van der Waals surface area contributed by atoms with E-state index in [1.54, 1.807) is 0 Å². The first-order valence-corrected chi connectivity index (χ1v) is 7.25. The van der Waals surface area contributed by atoms with E-state index in [1.807, 2.05) is 0 Å². The van der Waals surface area contributed by atoms with Crippen LogP contribution in [0.1, 0.15) is 19.8 Å². The van der Waals surface area contributed by atoms with Crippen LogP contribution in [0.15, 0.2) is 0 Å². The van der Waals surface area contributed by atoms with E-state index in [0.29, 0.717) is 0 Å². The van der Waals surface area contributed by atoms with Crippen molar-refractivity contribution in [2.45, 2.75) is 37.3 Å². The van der Waals surface area contributed by atoms with Gasteiger partial charge in [-0.15, -0.1) is 0 Å². The van der Waals surface area contributed by atoms with E-state index in [2.05, 4.69) is 0 Å². The third kappa shape index (κ3) is 3.56. The van der Waals surface area contributed by atoms with Crippen LogP contribution in [0.4, 0.5) is 0 Å². The molecule has 0 spiro atoms. The van der Waals surface area contributed by atoms with E-state index in [-0.39, 0.29) is 0 Å². The average Bonchev–Trinajstić information content (AvgIpc) is 2.60. The maximum absolute atomic E-state index is 11.7. The van der Waals surface area contributed by atoms with Crippen LogP contribution in [0.25, 0.3) is 0 Å². The predicted octanol–water partition coefficient (Wildman–Crippen LogP) is -2.02. The Morgan fingerprint density at radius 3 is 1.22 bits per heavy atom. The third-order valence-electron chi connectivity index (χ3n) is 3.74. The van der Waals surface area contributed by atoms with Crippen molar-refractivity contribution in [1.29, 1.82) is 0 Å². The molecule has 26 nitrogen and oxygen atoms in total. The van der Waals surface area contributed by atoms with Gasteiger partial charge >= 0.3 is 22.7 Å². The number of nitrogens with zero attached hydrogens (tertiary/aromatic N) is 10. The molecule has 0 bridgehead atoms. The van der Waals surface area contributed by atoms with Gasteiger partial charge in [0.2, 0.25) is 5.03 Å². The molecule has 0 saturated carbocycles. The zero-order valence-corrected chi connectivity index (χ0v) is 15.0. The van der Waals surface area contributed by atoms with Gasteiger partial charge in [-0.3, -0.25) is 50.6 Å². The van der Waals surface area contributed by atoms with Gasteiger partial charge in [-0.05, 0) is 6.42 Å². The predicted molar refractivity (Wildman–Crippen MR) is 83.8 cm³/mol. The molecule has 26 heteroatoms. The summed E-state index contributed by atoms with van der Waals surface area (Å²) >= 11 is 0. The van der Waals surface area contributed by atoms with Gasteiger partial charge in [-0.2, -0.15) is 0 Å². The van der Waals surface area contributed by atoms with Crippen LogP contribution in [0.5, 0.6) is 0 Å². The molecule has 0 radical (unpaired) electrons. The summed E-state index contributed by atoms with van der Waals surface area (Å²) in [5.41, 5.74) is -5.52. The lowest BCUT2D eigenvalue weighted by Gasteiger charge is -2.25. The minimum Gasteiger partial charge on any atom is -0.264 e. The number of nitro groups is 8. The van der Waals surface area contributed by atoms with Crippen LogP contribution in [0, 0.1) is 80.9 Å². The molecule has 0 heterocycles. The molecule has 0 aromatic carbocycles. The van der Waals surface area contributed by atoms with Crippen LogP contribution < -0.4 is 0 Å². The molecule has 1 atom stereocenters. The topological polar surface area (TPSA) is 352 Å². The maximum Gasteiger partial charge on any atom is 0.768 e. The summed E-state index contributed by atoms with van der Waals surface area (Å²) in [4.78, 5) is 78.3. The van der Waals surface area contributed by atoms with Gasteiger partial charge < -0.3 is 0 Å². The average molecular weight is 476 g/mol. The van der Waals surface area contributed by atoms with E-state index in [4.69, 9.17) is 0 Å². The van der Waals surface area contributed by atoms with Crippen molar-refractivity contribution < 1.29 is 39.7 Å². The highest BCUT2D eigenvalue weighted by molar-refractivity contribution is 4.89. The Balaban J connectivity index is 8.29. The van der Waals surface area contributed by atoms with E-state index >= 15 is 0 Å². The van der Waals surface area contributed by atoms with Gasteiger partial charge in [0.1, 0.15) is 19.7 Å². The molecule has 0 N–H and O–H groups in total. The molecular weight excluding hydrogens is 468 g/mol. The lowest BCUT2D eigenvalue weighted by atomic mass is 9.90. The highest BCUT2D eigenvalue weighted by Gasteiger charge is 3.08. The van der Waals surface area contributed by atoms with Gasteiger partial charge in [0.25, 0.3) is 15.2 Å². The summed E-state index contributed by atoms with van der Waals surface area (Å²) in [6.45, 7) is 0.951. The van der Waals surface area contributed by atoms with Crippen LogP contribution in [-0.4, -0.2) is 67.5 Å². The molecule has 1 unspecified atom stereocenters. The monoisotopic (exact) mass is 476 g/mol. The second kappa shape index (κ2) is 9.08. The minimum absolute atomic E-state index is 0.673. The molecular formula is C6H8N10O16. The van der Waals surface area contributed by atoms with Crippen molar-refractivity contribution in [3.63, 3.8) is 0 Å². The fraction of sp³-hybridized carbons (Fsp3) is 1.00. The third-order valence-corrected chi connectivity index (χ3v) is 3.74. The number of hydrazine groups is 4. The molecule has 0 amide bonds. The molecule has 0 aromatic rings. The van der Waals surface area contributed by atoms with Gasteiger partial charge in [0.05, 0.1) is 0 Å². The molecule has 0 aliphatic carbocycles. The second-order valence-corrected chi connectivity index (χ2v) is 5.25. The first kappa shape index (κ1) is 26.8. The summed E-state index contributed by atoms with van der Waals surface area (Å²) in [6, 6.07) is -3.63. The van der Waals surface area contributed by atoms with E-state index in [1.165, 1.54) is 0 Å². The lowest BCUT2D eigenvalue weighted by Crippen LogP contribution is -2.85. The molecule has 0 saturated heterocycles. The zero-order valence-electron chi connectivity index (χ0n) is 15.0. The molecule has 0 aliphatic rings. The largest absolute Gasteiger partial charge is 0.768 e. The Bertz CT molecular complexity index is 843. The Morgan fingerprint density at radius 1 is 0.656 bits per heavy atom. The van der Waals surface area contributed by atoms with Crippen LogP contribution >= 0.6 is 0 Å². The summed E-state index contributed by atoms with van der Waals surface area (Å²) < 4.78 is 0. The highest BCUT2D eigenvalue weighted by atomic mass is 16.8. The minimum atomic E-state index is -5.93. The summed E-state index contributed by atoms with van der Waals surface area (Å²) in [6.07, 6.45) is -2.12. The van der Waals surface area contributed by atoms with Crippen LogP contribution in [0.2, 0.25) is 0 Å². The molecule has 0 rings (SSSR count). The second-order valence-electron chi connectivity index (χ2n) is 5.25. The Morgan fingerprint density at radius 2 is 1.03 bits per heavy atom. The Kier molecular flexibility index (Phi) is 7.61. The summed E-state index contributed by atoms with van der Waals surface area (Å²) in [5.74, 6) is -5.93. The van der Waals surface area contributed by atoms with Gasteiger partial charge in [0.15, 0.2) is 0 Å². The molecule has 32 heavy (non-hydrogen) atoms. The van der Waals surface area contributed by atoms with Crippen molar-refractivity contribution in [2.75, 3.05) is 0 Å². The van der Waals surface area contributed by atoms with Crippen LogP contribution in [0.3, 0.4) is 0 Å². The van der Waals surface area contributed by atoms with E-state index in [9.17, 15) is 80.9 Å². The smallest absolute Gasteiger partial charge is 0.264 e. The quantitative estimate of drug-likeness (QED) is 0.148. The summed E-state index contributed by atoms with van der Waals surface area (Å²) in [7, 11) is 0. The molecule has 0 aliphatic heterocycles. The van der Waals surface area contributed by atoms with E-state index in [0.717, 1.165) is 6.92 Å². The fourth-order valence-corrected chi connectivity index (χ4v) is 2.64. The van der Waals surface area contributed by atoms with E-state index < -0.39 is 80.4 Å². The summed E-state index contributed by atoms with van der Waals surface area (Å²) in [5, 5.41) is 78.8. The van der Waals surface area contributed by atoms with Crippen molar-refractivity contribution in [3.05, 3.63) is 80.9 Å². The number of rotatable bonds is 14.